The minimum absolute atomic E-state index is 0.238. The van der Waals surface area contributed by atoms with Crippen LogP contribution in [0.4, 0.5) is 4.79 Å². The van der Waals surface area contributed by atoms with Crippen LogP contribution in [0, 0.1) is 5.92 Å². The van der Waals surface area contributed by atoms with Crippen molar-refractivity contribution in [1.82, 2.24) is 10.2 Å². The molecule has 0 bridgehead atoms. The van der Waals surface area contributed by atoms with Gasteiger partial charge in [0.05, 0.1) is 0 Å². The average molecular weight is 314 g/mol. The van der Waals surface area contributed by atoms with Crippen LogP contribution in [0.2, 0.25) is 0 Å². The lowest BCUT2D eigenvalue weighted by atomic mass is 10.0. The summed E-state index contributed by atoms with van der Waals surface area (Å²) in [4.78, 5) is 37.0. The van der Waals surface area contributed by atoms with Gasteiger partial charge in [0.1, 0.15) is 17.7 Å². The molecule has 0 aromatic rings. The van der Waals surface area contributed by atoms with Crippen molar-refractivity contribution in [2.75, 3.05) is 6.54 Å². The molecule has 2 N–H and O–H groups in total. The number of nitrogens with one attached hydrogen (secondary N) is 1. The summed E-state index contributed by atoms with van der Waals surface area (Å²) in [5, 5.41) is 11.7. The summed E-state index contributed by atoms with van der Waals surface area (Å²) >= 11 is 0. The summed E-state index contributed by atoms with van der Waals surface area (Å²) in [6.07, 6.45) is 0.660. The number of hydrogen-bond donors (Lipinski definition) is 2. The molecule has 2 amide bonds. The largest absolute Gasteiger partial charge is 0.480 e. The molecule has 22 heavy (non-hydrogen) atoms. The second-order valence-electron chi connectivity index (χ2n) is 6.90. The van der Waals surface area contributed by atoms with Gasteiger partial charge in [-0.05, 0) is 39.5 Å². The van der Waals surface area contributed by atoms with Crippen molar-refractivity contribution in [2.45, 2.75) is 65.1 Å². The number of carboxylic acid groups (broad SMARTS) is 1. The number of amides is 2. The molecule has 0 aliphatic carbocycles. The molecule has 2 atom stereocenters. The number of aliphatic carboxylic acids is 1. The van der Waals surface area contributed by atoms with E-state index in [2.05, 4.69) is 5.32 Å². The van der Waals surface area contributed by atoms with Crippen molar-refractivity contribution in [1.29, 1.82) is 0 Å². The first-order valence-electron chi connectivity index (χ1n) is 7.55. The zero-order chi connectivity index (χ0) is 17.1. The van der Waals surface area contributed by atoms with Crippen LogP contribution in [0.15, 0.2) is 0 Å². The van der Waals surface area contributed by atoms with Gasteiger partial charge in [0.15, 0.2) is 0 Å². The highest BCUT2D eigenvalue weighted by atomic mass is 16.6. The standard InChI is InChI=1S/C15H26N2O5/c1-9(2)11(13(19)20)16-12(18)10-7-6-8-17(10)14(21)22-15(3,4)5/h9-11H,6-8H2,1-5H3,(H,16,18)(H,19,20). The Bertz CT molecular complexity index is 442. The van der Waals surface area contributed by atoms with Crippen LogP contribution < -0.4 is 5.32 Å². The highest BCUT2D eigenvalue weighted by Gasteiger charge is 2.38. The van der Waals surface area contributed by atoms with Gasteiger partial charge in [-0.3, -0.25) is 9.69 Å². The van der Waals surface area contributed by atoms with Gasteiger partial charge in [-0.15, -0.1) is 0 Å². The molecule has 7 nitrogen and oxygen atoms in total. The van der Waals surface area contributed by atoms with Crippen LogP contribution >= 0.6 is 0 Å². The van der Waals surface area contributed by atoms with Gasteiger partial charge in [0, 0.05) is 6.54 Å². The lowest BCUT2D eigenvalue weighted by Gasteiger charge is -2.29. The number of likely N-dealkylation sites (tertiary alicyclic amines) is 1. The van der Waals surface area contributed by atoms with Gasteiger partial charge in [-0.1, -0.05) is 13.8 Å². The minimum Gasteiger partial charge on any atom is -0.480 e. The predicted octanol–water partition coefficient (Wildman–Crippen LogP) is 1.61. The molecular weight excluding hydrogens is 288 g/mol. The molecule has 0 radical (unpaired) electrons. The molecule has 0 aromatic carbocycles. The number of carboxylic acids is 1. The third-order valence-electron chi connectivity index (χ3n) is 3.41. The van der Waals surface area contributed by atoms with E-state index in [-0.39, 0.29) is 5.92 Å². The van der Waals surface area contributed by atoms with Crippen LogP contribution in [0.25, 0.3) is 0 Å². The third-order valence-corrected chi connectivity index (χ3v) is 3.41. The number of carbonyl (C=O) groups excluding carboxylic acids is 2. The van der Waals surface area contributed by atoms with Crippen molar-refractivity contribution in [2.24, 2.45) is 5.92 Å². The van der Waals surface area contributed by atoms with Crippen molar-refractivity contribution in [3.8, 4) is 0 Å². The monoisotopic (exact) mass is 314 g/mol. The van der Waals surface area contributed by atoms with E-state index in [1.165, 1.54) is 4.90 Å². The normalized spacial score (nSPS) is 19.9. The van der Waals surface area contributed by atoms with Crippen LogP contribution in [-0.2, 0) is 14.3 Å². The Balaban J connectivity index is 2.75. The number of rotatable bonds is 4. The molecule has 0 spiro atoms. The smallest absolute Gasteiger partial charge is 0.410 e. The van der Waals surface area contributed by atoms with Gasteiger partial charge >= 0.3 is 12.1 Å². The average Bonchev–Trinajstić information content (AvgIpc) is 2.81. The molecular formula is C15H26N2O5. The summed E-state index contributed by atoms with van der Waals surface area (Å²) in [7, 11) is 0. The van der Waals surface area contributed by atoms with Crippen LogP contribution in [0.1, 0.15) is 47.5 Å². The Hall–Kier alpha value is -1.79. The fraction of sp³-hybridized carbons (Fsp3) is 0.800. The van der Waals surface area contributed by atoms with E-state index in [1.807, 2.05) is 0 Å². The summed E-state index contributed by atoms with van der Waals surface area (Å²) in [6.45, 7) is 9.16. The molecule has 1 rings (SSSR count). The highest BCUT2D eigenvalue weighted by molar-refractivity contribution is 5.89. The fourth-order valence-corrected chi connectivity index (χ4v) is 2.34. The maximum Gasteiger partial charge on any atom is 0.410 e. The Morgan fingerprint density at radius 1 is 1.27 bits per heavy atom. The van der Waals surface area contributed by atoms with E-state index in [9.17, 15) is 14.4 Å². The first kappa shape index (κ1) is 18.3. The van der Waals surface area contributed by atoms with E-state index in [0.29, 0.717) is 19.4 Å². The van der Waals surface area contributed by atoms with Crippen molar-refractivity contribution >= 4 is 18.0 Å². The lowest BCUT2D eigenvalue weighted by molar-refractivity contribution is -0.143. The van der Waals surface area contributed by atoms with E-state index in [1.54, 1.807) is 34.6 Å². The van der Waals surface area contributed by atoms with Crippen LogP contribution in [0.5, 0.6) is 0 Å². The molecule has 1 fully saturated rings. The first-order valence-corrected chi connectivity index (χ1v) is 7.55. The quantitative estimate of drug-likeness (QED) is 0.822. The Labute approximate surface area is 131 Å². The van der Waals surface area contributed by atoms with Crippen LogP contribution in [0.3, 0.4) is 0 Å². The summed E-state index contributed by atoms with van der Waals surface area (Å²) < 4.78 is 5.29. The minimum atomic E-state index is -1.08. The summed E-state index contributed by atoms with van der Waals surface area (Å²) in [6, 6.07) is -1.64. The van der Waals surface area contributed by atoms with E-state index in [4.69, 9.17) is 9.84 Å². The molecule has 1 saturated heterocycles. The van der Waals surface area contributed by atoms with Gasteiger partial charge < -0.3 is 15.2 Å². The van der Waals surface area contributed by atoms with Gasteiger partial charge in [0.25, 0.3) is 0 Å². The van der Waals surface area contributed by atoms with Gasteiger partial charge in [-0.25, -0.2) is 9.59 Å². The first-order chi connectivity index (χ1) is 10.0. The van der Waals surface area contributed by atoms with E-state index in [0.717, 1.165) is 0 Å². The Kier molecular flexibility index (Phi) is 5.79. The Morgan fingerprint density at radius 2 is 1.86 bits per heavy atom. The number of ether oxygens (including phenoxy) is 1. The highest BCUT2D eigenvalue weighted by Crippen LogP contribution is 2.21. The van der Waals surface area contributed by atoms with Crippen molar-refractivity contribution < 1.29 is 24.2 Å². The molecule has 1 heterocycles. The second kappa shape index (κ2) is 6.98. The molecule has 1 aliphatic rings. The van der Waals surface area contributed by atoms with Crippen LogP contribution in [-0.4, -0.2) is 52.2 Å². The van der Waals surface area contributed by atoms with E-state index >= 15 is 0 Å². The Morgan fingerprint density at radius 3 is 2.32 bits per heavy atom. The molecule has 0 saturated carbocycles. The summed E-state index contributed by atoms with van der Waals surface area (Å²) in [5.41, 5.74) is -0.637. The lowest BCUT2D eigenvalue weighted by Crippen LogP contribution is -2.53. The third kappa shape index (κ3) is 4.89. The van der Waals surface area contributed by atoms with E-state index < -0.39 is 35.7 Å². The second-order valence-corrected chi connectivity index (χ2v) is 6.90. The molecule has 0 aromatic heterocycles. The summed E-state index contributed by atoms with van der Waals surface area (Å²) in [5.74, 6) is -1.76. The van der Waals surface area contributed by atoms with Gasteiger partial charge in [-0.2, -0.15) is 0 Å². The maximum absolute atomic E-state index is 12.3. The molecule has 2 unspecified atom stereocenters. The SMILES string of the molecule is CC(C)C(NC(=O)C1CCCN1C(=O)OC(C)(C)C)C(=O)O. The van der Waals surface area contributed by atoms with Crippen molar-refractivity contribution in [3.05, 3.63) is 0 Å². The van der Waals surface area contributed by atoms with Crippen molar-refractivity contribution in [3.63, 3.8) is 0 Å². The molecule has 7 heteroatoms. The zero-order valence-corrected chi connectivity index (χ0v) is 13.9. The fourth-order valence-electron chi connectivity index (χ4n) is 2.34. The molecule has 126 valence electrons. The predicted molar refractivity (Wildman–Crippen MR) is 80.4 cm³/mol. The number of carbonyl (C=O) groups is 3. The van der Waals surface area contributed by atoms with Gasteiger partial charge in [0.2, 0.25) is 5.91 Å². The number of hydrogen-bond acceptors (Lipinski definition) is 4. The number of nitrogens with zero attached hydrogens (tertiary/aromatic N) is 1. The topological polar surface area (TPSA) is 95.9 Å². The maximum atomic E-state index is 12.3. The zero-order valence-electron chi connectivity index (χ0n) is 13.9. The molecule has 1 aliphatic heterocycles.